The van der Waals surface area contributed by atoms with Crippen molar-refractivity contribution in [1.82, 2.24) is 0 Å². The number of rotatable bonds is 13. The Morgan fingerprint density at radius 3 is 2.52 bits per heavy atom. The number of hydrogen-bond acceptors (Lipinski definition) is 6. The van der Waals surface area contributed by atoms with Crippen molar-refractivity contribution in [2.75, 3.05) is 0 Å². The van der Waals surface area contributed by atoms with E-state index in [0.29, 0.717) is 38.5 Å². The van der Waals surface area contributed by atoms with Gasteiger partial charge in [0.2, 0.25) is 0 Å². The summed E-state index contributed by atoms with van der Waals surface area (Å²) in [7, 11) is -1.34. The number of aliphatic hydroxyl groups is 2. The van der Waals surface area contributed by atoms with Gasteiger partial charge in [-0.3, -0.25) is 4.99 Å². The summed E-state index contributed by atoms with van der Waals surface area (Å²) >= 11 is 0. The Bertz CT molecular complexity index is 386. The van der Waals surface area contributed by atoms with Gasteiger partial charge in [-0.25, -0.2) is 0 Å². The Morgan fingerprint density at radius 2 is 2.00 bits per heavy atom. The Hall–Kier alpha value is -0.985. The number of unbranched alkanes of at least 4 members (excludes halogenated alkanes) is 1. The highest BCUT2D eigenvalue weighted by molar-refractivity contribution is 6.40. The summed E-state index contributed by atoms with van der Waals surface area (Å²) in [6.45, 7) is 5.67. The van der Waals surface area contributed by atoms with Gasteiger partial charge in [-0.05, 0) is 38.4 Å². The number of hydrogen-bond donors (Lipinski definition) is 5. The van der Waals surface area contributed by atoms with Crippen LogP contribution in [-0.2, 0) is 0 Å². The second-order valence-electron chi connectivity index (χ2n) is 5.77. The zero-order valence-electron chi connectivity index (χ0n) is 14.1. The molecule has 0 aliphatic carbocycles. The third-order valence-electron chi connectivity index (χ3n) is 3.68. The summed E-state index contributed by atoms with van der Waals surface area (Å²) in [5.74, 6) is 0. The Labute approximate surface area is 139 Å². The first-order valence-electron chi connectivity index (χ1n) is 8.19. The van der Waals surface area contributed by atoms with E-state index in [2.05, 4.69) is 11.6 Å². The lowest BCUT2D eigenvalue weighted by atomic mass is 9.81. The second kappa shape index (κ2) is 12.4. The molecule has 7 heteroatoms. The van der Waals surface area contributed by atoms with Gasteiger partial charge in [0.25, 0.3) is 0 Å². The first-order valence-corrected chi connectivity index (χ1v) is 8.19. The van der Waals surface area contributed by atoms with Crippen molar-refractivity contribution in [2.45, 2.75) is 70.0 Å². The Balaban J connectivity index is 4.63. The van der Waals surface area contributed by atoms with Crippen LogP contribution in [0.1, 0.15) is 51.9 Å². The van der Waals surface area contributed by atoms with Crippen LogP contribution in [0.3, 0.4) is 0 Å². The molecule has 0 aromatic carbocycles. The molecule has 0 radical (unpaired) electrons. The molecule has 0 aliphatic rings. The van der Waals surface area contributed by atoms with Crippen LogP contribution in [0.25, 0.3) is 0 Å². The Kier molecular flexibility index (Phi) is 11.9. The fourth-order valence-corrected chi connectivity index (χ4v) is 2.17. The van der Waals surface area contributed by atoms with Gasteiger partial charge in [0.1, 0.15) is 0 Å². The molecule has 132 valence electrons. The maximum Gasteiger partial charge on any atom is 0.451 e. The number of nitrogens with two attached hydrogens (primary N) is 1. The maximum absolute atomic E-state index is 9.60. The van der Waals surface area contributed by atoms with E-state index in [0.717, 1.165) is 12.1 Å². The lowest BCUT2D eigenvalue weighted by Crippen LogP contribution is -2.50. The lowest BCUT2D eigenvalue weighted by molar-refractivity contribution is -0.102. The third-order valence-corrected chi connectivity index (χ3v) is 3.68. The van der Waals surface area contributed by atoms with Gasteiger partial charge in [-0.15, -0.1) is 6.58 Å². The van der Waals surface area contributed by atoms with E-state index in [1.165, 1.54) is 0 Å². The van der Waals surface area contributed by atoms with E-state index < -0.39 is 18.9 Å². The van der Waals surface area contributed by atoms with Crippen LogP contribution in [0.15, 0.2) is 29.4 Å². The zero-order chi connectivity index (χ0) is 17.7. The first-order chi connectivity index (χ1) is 10.9. The van der Waals surface area contributed by atoms with E-state index in [4.69, 9.17) is 15.8 Å². The smallest absolute Gasteiger partial charge is 0.427 e. The molecule has 6 nitrogen and oxygen atoms in total. The largest absolute Gasteiger partial charge is 0.451 e. The second-order valence-corrected chi connectivity index (χ2v) is 5.77. The maximum atomic E-state index is 9.60. The molecule has 23 heavy (non-hydrogen) atoms. The molecule has 0 bridgehead atoms. The minimum atomic E-state index is -1.63. The average molecular weight is 326 g/mol. The normalized spacial score (nSPS) is 15.2. The van der Waals surface area contributed by atoms with E-state index in [1.807, 2.05) is 19.2 Å². The zero-order valence-corrected chi connectivity index (χ0v) is 14.1. The van der Waals surface area contributed by atoms with E-state index in [9.17, 15) is 10.2 Å². The molecule has 0 rings (SSSR count). The van der Waals surface area contributed by atoms with Crippen LogP contribution in [0.2, 0.25) is 6.32 Å². The van der Waals surface area contributed by atoms with E-state index >= 15 is 0 Å². The van der Waals surface area contributed by atoms with Crippen molar-refractivity contribution >= 4 is 13.3 Å². The average Bonchev–Trinajstić information content (AvgIpc) is 2.50. The molecule has 0 spiro atoms. The lowest BCUT2D eigenvalue weighted by Gasteiger charge is -2.31. The topological polar surface area (TPSA) is 119 Å². The predicted octanol–water partition coefficient (Wildman–Crippen LogP) is 1.36. The summed E-state index contributed by atoms with van der Waals surface area (Å²) < 4.78 is 0. The van der Waals surface area contributed by atoms with Crippen LogP contribution in [-0.4, -0.2) is 45.4 Å². The molecule has 6 N–H and O–H groups in total. The minimum Gasteiger partial charge on any atom is -0.427 e. The molecule has 0 saturated carbocycles. The monoisotopic (exact) mass is 326 g/mol. The molecule has 0 aliphatic heterocycles. The molecule has 1 unspecified atom stereocenters. The van der Waals surface area contributed by atoms with Crippen molar-refractivity contribution < 1.29 is 20.3 Å². The van der Waals surface area contributed by atoms with Crippen molar-refractivity contribution in [2.24, 2.45) is 10.7 Å². The van der Waals surface area contributed by atoms with E-state index in [1.54, 1.807) is 6.08 Å². The number of aliphatic hydroxyl groups excluding tert-OH is 1. The third kappa shape index (κ3) is 10.4. The summed E-state index contributed by atoms with van der Waals surface area (Å²) in [5.41, 5.74) is 5.86. The highest BCUT2D eigenvalue weighted by Crippen LogP contribution is 2.24. The van der Waals surface area contributed by atoms with Crippen LogP contribution < -0.4 is 5.73 Å². The quantitative estimate of drug-likeness (QED) is 0.115. The number of aliphatic imine (C=N–C) groups is 1. The number of allylic oxidation sites excluding steroid dienone is 3. The van der Waals surface area contributed by atoms with Gasteiger partial charge in [-0.2, -0.15) is 0 Å². The highest BCUT2D eigenvalue weighted by atomic mass is 16.5. The van der Waals surface area contributed by atoms with E-state index in [-0.39, 0.29) is 6.32 Å². The standard InChI is InChI=1S/C16H31BN2O4/c1-3-5-8-14(19-13-4-2)9-11-16(18,15(20)21)10-6-7-12-17(22)23/h3,8,13,15,20-23H,1,4-7,9-12,18H2,2H3. The van der Waals surface area contributed by atoms with Crippen LogP contribution in [0.4, 0.5) is 0 Å². The highest BCUT2D eigenvalue weighted by Gasteiger charge is 2.32. The molecular weight excluding hydrogens is 295 g/mol. The van der Waals surface area contributed by atoms with Gasteiger partial charge >= 0.3 is 7.12 Å². The fraction of sp³-hybridized carbons (Fsp3) is 0.688. The first kappa shape index (κ1) is 22.0. The number of nitrogens with zero attached hydrogens (tertiary/aromatic N) is 1. The molecule has 1 atom stereocenters. The molecular formula is C16H31BN2O4. The molecule has 0 saturated heterocycles. The van der Waals surface area contributed by atoms with Gasteiger partial charge in [0.05, 0.1) is 5.54 Å². The SMILES string of the molecule is C=CCC=C(CCC(N)(CCCCB(O)O)C(O)O)N=CCC. The van der Waals surface area contributed by atoms with Gasteiger partial charge in [-0.1, -0.05) is 31.9 Å². The molecule has 0 heterocycles. The fourth-order valence-electron chi connectivity index (χ4n) is 2.17. The summed E-state index contributed by atoms with van der Waals surface area (Å²) in [4.78, 5) is 4.37. The molecule has 0 aromatic rings. The summed E-state index contributed by atoms with van der Waals surface area (Å²) in [5, 5.41) is 36.9. The van der Waals surface area contributed by atoms with Gasteiger partial charge in [0, 0.05) is 11.9 Å². The Morgan fingerprint density at radius 1 is 1.30 bits per heavy atom. The van der Waals surface area contributed by atoms with Crippen LogP contribution in [0.5, 0.6) is 0 Å². The van der Waals surface area contributed by atoms with Crippen LogP contribution in [0, 0.1) is 0 Å². The molecule has 0 amide bonds. The molecule has 0 fully saturated rings. The van der Waals surface area contributed by atoms with Crippen molar-refractivity contribution in [3.05, 3.63) is 24.4 Å². The molecule has 0 aromatic heterocycles. The summed E-state index contributed by atoms with van der Waals surface area (Å²) in [6.07, 6.45) is 8.16. The van der Waals surface area contributed by atoms with Crippen molar-refractivity contribution in [1.29, 1.82) is 0 Å². The minimum absolute atomic E-state index is 0.253. The van der Waals surface area contributed by atoms with Gasteiger partial charge in [0.15, 0.2) is 6.29 Å². The van der Waals surface area contributed by atoms with Gasteiger partial charge < -0.3 is 26.0 Å². The van der Waals surface area contributed by atoms with Crippen molar-refractivity contribution in [3.63, 3.8) is 0 Å². The predicted molar refractivity (Wildman–Crippen MR) is 94.9 cm³/mol. The summed E-state index contributed by atoms with van der Waals surface area (Å²) in [6, 6.07) is 0. The van der Waals surface area contributed by atoms with Crippen LogP contribution >= 0.6 is 0 Å². The van der Waals surface area contributed by atoms with Crippen molar-refractivity contribution in [3.8, 4) is 0 Å².